The van der Waals surface area contributed by atoms with E-state index in [1.165, 1.54) is 35.1 Å². The number of halogens is 5. The third-order valence-corrected chi connectivity index (χ3v) is 8.41. The molecule has 1 aliphatic rings. The number of hydrogen-bond donors (Lipinski definition) is 1. The number of pyridine rings is 1. The Bertz CT molecular complexity index is 1720. The molecule has 5 rings (SSSR count). The quantitative estimate of drug-likeness (QED) is 0.324. The number of aliphatic hydroxyl groups is 1. The standard InChI is InChI=1S/C23H21Cl2F3N8O4S/c24-15-5-3-14(4-6-15)19-32-35(22(38)34(19)12-17(37)23(26,27)28)13-18-30-21(33-8-10-41(39,40)11-9-33)36(31-18)20-16(25)2-1-7-29-20/h1-7,17,37H,8-13H2. The summed E-state index contributed by atoms with van der Waals surface area (Å²) in [6.07, 6.45) is -6.32. The number of aromatic nitrogens is 7. The molecule has 12 nitrogen and oxygen atoms in total. The summed E-state index contributed by atoms with van der Waals surface area (Å²) in [6, 6.07) is 9.10. The van der Waals surface area contributed by atoms with Crippen LogP contribution in [0.3, 0.4) is 0 Å². The third kappa shape index (κ3) is 6.24. The van der Waals surface area contributed by atoms with Gasteiger partial charge in [0.2, 0.25) is 5.95 Å². The van der Waals surface area contributed by atoms with Crippen molar-refractivity contribution in [1.29, 1.82) is 0 Å². The number of aliphatic hydroxyl groups excluding tert-OH is 1. The van der Waals surface area contributed by atoms with Crippen LogP contribution in [0, 0.1) is 0 Å². The molecule has 41 heavy (non-hydrogen) atoms. The lowest BCUT2D eigenvalue weighted by Crippen LogP contribution is -2.41. The van der Waals surface area contributed by atoms with Crippen molar-refractivity contribution >= 4 is 39.0 Å². The molecule has 1 saturated heterocycles. The Morgan fingerprint density at radius 3 is 2.37 bits per heavy atom. The van der Waals surface area contributed by atoms with E-state index in [-0.39, 0.29) is 65.1 Å². The maximum absolute atomic E-state index is 13.3. The molecule has 18 heteroatoms. The lowest BCUT2D eigenvalue weighted by molar-refractivity contribution is -0.207. The number of anilines is 1. The predicted molar refractivity (Wildman–Crippen MR) is 143 cm³/mol. The molecular weight excluding hydrogens is 612 g/mol. The largest absolute Gasteiger partial charge is 0.416 e. The average Bonchev–Trinajstić information content (AvgIpc) is 3.46. The highest BCUT2D eigenvalue weighted by Crippen LogP contribution is 2.26. The van der Waals surface area contributed by atoms with Crippen molar-refractivity contribution in [1.82, 2.24) is 34.1 Å². The average molecular weight is 633 g/mol. The zero-order valence-corrected chi connectivity index (χ0v) is 23.2. The van der Waals surface area contributed by atoms with Crippen molar-refractivity contribution < 1.29 is 26.7 Å². The normalized spacial score (nSPS) is 16.2. The van der Waals surface area contributed by atoms with Gasteiger partial charge in [-0.1, -0.05) is 23.2 Å². The van der Waals surface area contributed by atoms with Crippen LogP contribution in [0.4, 0.5) is 19.1 Å². The maximum Gasteiger partial charge on any atom is 0.416 e. The molecule has 0 saturated carbocycles. The van der Waals surface area contributed by atoms with E-state index in [1.54, 1.807) is 17.0 Å². The fourth-order valence-electron chi connectivity index (χ4n) is 4.14. The summed E-state index contributed by atoms with van der Waals surface area (Å²) >= 11 is 12.3. The van der Waals surface area contributed by atoms with E-state index >= 15 is 0 Å². The minimum Gasteiger partial charge on any atom is -0.382 e. The van der Waals surface area contributed by atoms with E-state index < -0.39 is 34.4 Å². The molecule has 0 bridgehead atoms. The van der Waals surface area contributed by atoms with E-state index in [0.29, 0.717) is 9.59 Å². The molecule has 1 aliphatic heterocycles. The zero-order valence-electron chi connectivity index (χ0n) is 20.9. The molecular formula is C23H21Cl2F3N8O4S. The van der Waals surface area contributed by atoms with E-state index in [9.17, 15) is 31.5 Å². The van der Waals surface area contributed by atoms with Crippen molar-refractivity contribution in [3.63, 3.8) is 0 Å². The monoisotopic (exact) mass is 632 g/mol. The number of sulfone groups is 1. The van der Waals surface area contributed by atoms with Gasteiger partial charge in [-0.2, -0.15) is 22.8 Å². The minimum absolute atomic E-state index is 0.0286. The number of alkyl halides is 3. The van der Waals surface area contributed by atoms with Crippen LogP contribution >= 0.6 is 23.2 Å². The first kappa shape index (κ1) is 29.0. The van der Waals surface area contributed by atoms with Gasteiger partial charge in [0.05, 0.1) is 23.1 Å². The molecule has 4 heterocycles. The van der Waals surface area contributed by atoms with Gasteiger partial charge < -0.3 is 10.0 Å². The summed E-state index contributed by atoms with van der Waals surface area (Å²) in [5.74, 6) is 0.0875. The Balaban J connectivity index is 1.56. The SMILES string of the molecule is O=c1n(Cc2nc(N3CCS(=O)(=O)CC3)n(-c3ncccc3Cl)n2)nc(-c2ccc(Cl)cc2)n1CC(O)C(F)(F)F. The molecule has 0 radical (unpaired) electrons. The van der Waals surface area contributed by atoms with Crippen LogP contribution in [0.1, 0.15) is 5.82 Å². The van der Waals surface area contributed by atoms with Gasteiger partial charge in [0.1, 0.15) is 6.54 Å². The Kier molecular flexibility index (Phi) is 7.84. The molecule has 3 aromatic heterocycles. The number of rotatable bonds is 7. The van der Waals surface area contributed by atoms with E-state index in [2.05, 4.69) is 20.2 Å². The second-order valence-corrected chi connectivity index (χ2v) is 12.3. The maximum atomic E-state index is 13.3. The smallest absolute Gasteiger partial charge is 0.382 e. The molecule has 1 fully saturated rings. The van der Waals surface area contributed by atoms with Gasteiger partial charge in [-0.15, -0.1) is 10.2 Å². The lowest BCUT2D eigenvalue weighted by atomic mass is 10.2. The van der Waals surface area contributed by atoms with Crippen LogP contribution in [0.15, 0.2) is 47.4 Å². The molecule has 0 amide bonds. The van der Waals surface area contributed by atoms with Gasteiger partial charge in [-0.3, -0.25) is 4.57 Å². The van der Waals surface area contributed by atoms with Crippen LogP contribution in [0.25, 0.3) is 17.2 Å². The minimum atomic E-state index is -4.97. The molecule has 0 spiro atoms. The fraction of sp³-hybridized carbons (Fsp3) is 0.348. The van der Waals surface area contributed by atoms with Crippen molar-refractivity contribution in [3.8, 4) is 17.2 Å². The highest BCUT2D eigenvalue weighted by molar-refractivity contribution is 7.91. The predicted octanol–water partition coefficient (Wildman–Crippen LogP) is 2.20. The van der Waals surface area contributed by atoms with E-state index in [1.807, 2.05) is 0 Å². The fourth-order valence-corrected chi connectivity index (χ4v) is 5.66. The highest BCUT2D eigenvalue weighted by atomic mass is 35.5. The summed E-state index contributed by atoms with van der Waals surface area (Å²) in [4.78, 5) is 23.7. The lowest BCUT2D eigenvalue weighted by Gasteiger charge is -2.27. The summed E-state index contributed by atoms with van der Waals surface area (Å²) in [5, 5.41) is 18.9. The zero-order chi connectivity index (χ0) is 29.5. The van der Waals surface area contributed by atoms with Crippen molar-refractivity contribution in [2.24, 2.45) is 0 Å². The second-order valence-electron chi connectivity index (χ2n) is 9.13. The van der Waals surface area contributed by atoms with Gasteiger partial charge >= 0.3 is 11.9 Å². The van der Waals surface area contributed by atoms with Crippen LogP contribution < -0.4 is 10.6 Å². The number of hydrogen-bond acceptors (Lipinski definition) is 9. The van der Waals surface area contributed by atoms with Crippen LogP contribution in [-0.2, 0) is 22.9 Å². The van der Waals surface area contributed by atoms with Crippen molar-refractivity contribution in [2.75, 3.05) is 29.5 Å². The number of nitrogens with zero attached hydrogens (tertiary/aromatic N) is 8. The van der Waals surface area contributed by atoms with Crippen LogP contribution in [-0.4, -0.2) is 84.5 Å². The summed E-state index contributed by atoms with van der Waals surface area (Å²) in [7, 11) is -3.22. The van der Waals surface area contributed by atoms with Crippen molar-refractivity contribution in [3.05, 3.63) is 68.9 Å². The molecule has 1 unspecified atom stereocenters. The van der Waals surface area contributed by atoms with Gasteiger partial charge in [0.25, 0.3) is 0 Å². The molecule has 1 atom stereocenters. The summed E-state index contributed by atoms with van der Waals surface area (Å²) in [5.41, 5.74) is -0.662. The van der Waals surface area contributed by atoms with Gasteiger partial charge in [0, 0.05) is 29.9 Å². The first-order valence-electron chi connectivity index (χ1n) is 12.0. The van der Waals surface area contributed by atoms with Crippen LogP contribution in [0.5, 0.6) is 0 Å². The van der Waals surface area contributed by atoms with Crippen molar-refractivity contribution in [2.45, 2.75) is 25.4 Å². The molecule has 218 valence electrons. The summed E-state index contributed by atoms with van der Waals surface area (Å²) < 4.78 is 66.4. The Hall–Kier alpha value is -3.47. The number of benzene rings is 1. The highest BCUT2D eigenvalue weighted by Gasteiger charge is 2.39. The van der Waals surface area contributed by atoms with E-state index in [4.69, 9.17) is 23.2 Å². The van der Waals surface area contributed by atoms with Gasteiger partial charge in [0.15, 0.2) is 33.4 Å². The Morgan fingerprint density at radius 1 is 1.05 bits per heavy atom. The first-order chi connectivity index (χ1) is 19.3. The van der Waals surface area contributed by atoms with Gasteiger partial charge in [-0.25, -0.2) is 22.9 Å². The topological polar surface area (TPSA) is 141 Å². The summed E-state index contributed by atoms with van der Waals surface area (Å²) in [6.45, 7) is -1.23. The van der Waals surface area contributed by atoms with E-state index in [0.717, 1.165) is 4.68 Å². The molecule has 0 aliphatic carbocycles. The molecule has 1 aromatic carbocycles. The molecule has 4 aromatic rings. The molecule has 1 N–H and O–H groups in total. The first-order valence-corrected chi connectivity index (χ1v) is 14.6. The Morgan fingerprint density at radius 2 is 1.73 bits per heavy atom. The van der Waals surface area contributed by atoms with Crippen LogP contribution in [0.2, 0.25) is 10.0 Å². The third-order valence-electron chi connectivity index (χ3n) is 6.25. The van der Waals surface area contributed by atoms with Gasteiger partial charge in [-0.05, 0) is 36.4 Å². The second kappa shape index (κ2) is 11.1. The Labute approximate surface area is 240 Å².